The zero-order chi connectivity index (χ0) is 63.6. The number of aryl methyl sites for hydroxylation is 2. The Bertz CT molecular complexity index is 4290. The number of nitrogens with zero attached hydrogens (tertiary/aromatic N) is 8. The summed E-state index contributed by atoms with van der Waals surface area (Å²) in [7, 11) is 4.03. The zero-order valence-corrected chi connectivity index (χ0v) is 51.8. The highest BCUT2D eigenvalue weighted by Crippen LogP contribution is 2.61. The predicted octanol–water partition coefficient (Wildman–Crippen LogP) is 8.50. The molecule has 4 amide bonds. The number of fused-ring (bicyclic) bond motifs is 20. The van der Waals surface area contributed by atoms with Gasteiger partial charge >= 0.3 is 0 Å². The minimum atomic E-state index is -0.675. The third kappa shape index (κ3) is 8.05. The number of carbonyl (C=O) groups excluding carboxylic acids is 4. The van der Waals surface area contributed by atoms with E-state index in [1.54, 1.807) is 61.5 Å². The third-order valence-electron chi connectivity index (χ3n) is 21.7. The summed E-state index contributed by atoms with van der Waals surface area (Å²) >= 11 is 0. The van der Waals surface area contributed by atoms with E-state index in [2.05, 4.69) is 50.4 Å². The number of piperazine rings is 2. The number of phenolic OH excluding ortho intramolecular Hbond substituents is 3. The monoisotopic (exact) mass is 1220 g/mol. The molecule has 10 aliphatic rings. The summed E-state index contributed by atoms with van der Waals surface area (Å²) in [5.41, 5.74) is 13.1. The molecule has 0 saturated carbocycles. The van der Waals surface area contributed by atoms with Crippen LogP contribution in [0.25, 0.3) is 0 Å². The number of aromatic hydroxyl groups is 3. The van der Waals surface area contributed by atoms with Crippen LogP contribution >= 0.6 is 0 Å². The molecule has 3 N–H and O–H groups in total. The highest BCUT2D eigenvalue weighted by Gasteiger charge is 2.60. The van der Waals surface area contributed by atoms with Crippen LogP contribution in [0, 0.1) is 64.2 Å². The number of hydrogen-bond donors (Lipinski definition) is 3. The van der Waals surface area contributed by atoms with E-state index >= 15 is 0 Å². The van der Waals surface area contributed by atoms with Gasteiger partial charge in [0.2, 0.25) is 13.6 Å². The standard InChI is InChI=1S/C37H36N4O6.C34H32N4O6/c1-6-11-45-33-20(4)34-35(47-17-46-34)30-24(33)14-26-31-29-21(12-18(2)19(3)32(29)42)13-25(39(31)5)27(15-38)41(26)28(30)16-40-36(43)22-9-7-8-10-23(22)37(40)44;1-15-9-18-10-22-24(12-35)38-23(28(36(22)4)26(18)30(40)16(15)2)11-21-27(32-31(43-14-44-32)17(3)29(21)39)25(38)13-37-33(41)19-7-5-6-8-20(19)34(37)42/h6-10,12,25-28,31,42H,1,11,13-14,16-17H2,2-5H3;5-9,22-25,28,39-40H,10-11,13-14H2,1-4H3/t25-,26?,27-,28-,31-;22-,23?,24-,25-,28-/m00/s1. The molecule has 20 heteroatoms. The molecular formula is C71H68N8O12. The summed E-state index contributed by atoms with van der Waals surface area (Å²) in [5, 5.41) is 56.6. The minimum absolute atomic E-state index is 0.00268. The Kier molecular flexibility index (Phi) is 13.4. The Morgan fingerprint density at radius 1 is 0.538 bits per heavy atom. The molecule has 10 atom stereocenters. The number of ether oxygens (including phenoxy) is 5. The molecule has 0 aromatic heterocycles. The molecule has 10 heterocycles. The number of nitriles is 2. The fraction of sp³-hybridized carbons (Fsp3) is 0.380. The van der Waals surface area contributed by atoms with Gasteiger partial charge in [0.25, 0.3) is 23.6 Å². The third-order valence-corrected chi connectivity index (χ3v) is 21.7. The molecule has 0 radical (unpaired) electrons. The van der Waals surface area contributed by atoms with Crippen molar-refractivity contribution >= 4 is 23.6 Å². The lowest BCUT2D eigenvalue weighted by Gasteiger charge is -2.60. The van der Waals surface area contributed by atoms with Crippen molar-refractivity contribution in [3.05, 3.63) is 173 Å². The van der Waals surface area contributed by atoms with Gasteiger partial charge in [-0.05, 0) is 139 Å². The Balaban J connectivity index is 0.000000152. The van der Waals surface area contributed by atoms with Crippen LogP contribution in [0.4, 0.5) is 0 Å². The molecule has 2 saturated heterocycles. The van der Waals surface area contributed by atoms with Crippen molar-refractivity contribution in [2.24, 2.45) is 0 Å². The summed E-state index contributed by atoms with van der Waals surface area (Å²) in [6.45, 7) is 15.6. The minimum Gasteiger partial charge on any atom is -0.507 e. The lowest BCUT2D eigenvalue weighted by Crippen LogP contribution is -2.68. The lowest BCUT2D eigenvalue weighted by molar-refractivity contribution is -0.0757. The van der Waals surface area contributed by atoms with Crippen LogP contribution in [-0.4, -0.2) is 152 Å². The van der Waals surface area contributed by atoms with E-state index in [0.29, 0.717) is 93.4 Å². The van der Waals surface area contributed by atoms with Crippen molar-refractivity contribution in [3.8, 4) is 58.1 Å². The van der Waals surface area contributed by atoms with Gasteiger partial charge in [-0.3, -0.25) is 48.6 Å². The van der Waals surface area contributed by atoms with E-state index in [-0.39, 0.29) is 98.6 Å². The first-order chi connectivity index (χ1) is 43.8. The SMILES string of the molecule is C=CCOc1c(C)c2c(c3c1CC1[C@H]4c5c(cc(C)c(C)c5O)C[C@@H]([C@H](C#N)N1[C@H]3CN1C(=O)c3ccccc3C1=O)N4C)OCO2.Cc1cc2c(c(O)c1C)[C@@H]1C3Cc4c(O)c(C)c5c(c4[C@H](CN4C(=O)c6ccccc6C4=O)N3[C@@H](C#N)[C@H](C2)N1C)OCO5. The van der Waals surface area contributed by atoms with Crippen molar-refractivity contribution < 1.29 is 58.2 Å². The van der Waals surface area contributed by atoms with E-state index in [1.165, 1.54) is 9.80 Å². The van der Waals surface area contributed by atoms with Gasteiger partial charge in [-0.2, -0.15) is 10.5 Å². The van der Waals surface area contributed by atoms with E-state index < -0.39 is 36.0 Å². The van der Waals surface area contributed by atoms with Gasteiger partial charge in [0.1, 0.15) is 41.7 Å². The second kappa shape index (κ2) is 21.1. The van der Waals surface area contributed by atoms with Gasteiger partial charge in [-0.1, -0.05) is 49.1 Å². The van der Waals surface area contributed by atoms with Crippen LogP contribution < -0.4 is 23.7 Å². The van der Waals surface area contributed by atoms with Crippen LogP contribution in [-0.2, 0) is 25.7 Å². The summed E-state index contributed by atoms with van der Waals surface area (Å²) in [5.74, 6) is 1.76. The van der Waals surface area contributed by atoms with Crippen molar-refractivity contribution in [3.63, 3.8) is 0 Å². The first-order valence-electron chi connectivity index (χ1n) is 31.0. The van der Waals surface area contributed by atoms with Gasteiger partial charge in [-0.25, -0.2) is 0 Å². The largest absolute Gasteiger partial charge is 0.507 e. The average Bonchev–Trinajstić information content (AvgIpc) is 1.04. The molecule has 6 aromatic carbocycles. The van der Waals surface area contributed by atoms with Crippen molar-refractivity contribution in [2.45, 2.75) is 128 Å². The molecule has 6 aromatic rings. The number of benzene rings is 6. The molecule has 20 nitrogen and oxygen atoms in total. The molecule has 2 unspecified atom stereocenters. The van der Waals surface area contributed by atoms with Crippen LogP contribution in [0.5, 0.6) is 46.0 Å². The summed E-state index contributed by atoms with van der Waals surface area (Å²) in [4.78, 5) is 66.2. The predicted molar refractivity (Wildman–Crippen MR) is 330 cm³/mol. The fourth-order valence-corrected chi connectivity index (χ4v) is 17.3. The highest BCUT2D eigenvalue weighted by atomic mass is 16.7. The smallest absolute Gasteiger partial charge is 0.261 e. The second-order valence-electron chi connectivity index (χ2n) is 25.8. The normalized spacial score (nSPS) is 26.0. The van der Waals surface area contributed by atoms with Crippen LogP contribution in [0.2, 0.25) is 0 Å². The maximum atomic E-state index is 13.8. The molecule has 10 aliphatic heterocycles. The van der Waals surface area contributed by atoms with Gasteiger partial charge in [0.05, 0.1) is 58.6 Å². The summed E-state index contributed by atoms with van der Waals surface area (Å²) in [6, 6.07) is 18.9. The lowest BCUT2D eigenvalue weighted by atomic mass is 9.71. The number of imide groups is 2. The van der Waals surface area contributed by atoms with Gasteiger partial charge in [0.15, 0.2) is 23.0 Å². The highest BCUT2D eigenvalue weighted by molar-refractivity contribution is 6.22. The van der Waals surface area contributed by atoms with E-state index in [4.69, 9.17) is 23.7 Å². The molecule has 0 spiro atoms. The first-order valence-corrected chi connectivity index (χ1v) is 31.0. The van der Waals surface area contributed by atoms with Gasteiger partial charge in [-0.15, -0.1) is 0 Å². The Hall–Kier alpha value is -9.44. The Morgan fingerprint density at radius 3 is 1.35 bits per heavy atom. The van der Waals surface area contributed by atoms with Crippen LogP contribution in [0.3, 0.4) is 0 Å². The maximum Gasteiger partial charge on any atom is 0.261 e. The molecule has 91 heavy (non-hydrogen) atoms. The number of likely N-dealkylation sites (N-methyl/N-ethyl adjacent to an activating group) is 2. The topological polar surface area (TPSA) is 242 Å². The summed E-state index contributed by atoms with van der Waals surface area (Å²) in [6.07, 6.45) is 3.66. The van der Waals surface area contributed by atoms with E-state index in [0.717, 1.165) is 61.2 Å². The van der Waals surface area contributed by atoms with Gasteiger partial charge < -0.3 is 39.0 Å². The Morgan fingerprint density at radius 2 is 0.934 bits per heavy atom. The molecular weight excluding hydrogens is 1160 g/mol. The average molecular weight is 1230 g/mol. The first kappa shape index (κ1) is 58.0. The molecule has 4 bridgehead atoms. The Labute approximate surface area is 526 Å². The number of rotatable bonds is 7. The molecule has 2 fully saturated rings. The number of carbonyl (C=O) groups is 4. The number of amides is 4. The quantitative estimate of drug-likeness (QED) is 0.100. The molecule has 464 valence electrons. The van der Waals surface area contributed by atoms with Crippen LogP contribution in [0.15, 0.2) is 73.3 Å². The summed E-state index contributed by atoms with van der Waals surface area (Å²) < 4.78 is 30.4. The zero-order valence-electron chi connectivity index (χ0n) is 51.8. The van der Waals surface area contributed by atoms with E-state index in [1.807, 2.05) is 48.7 Å². The molecule has 0 aliphatic carbocycles. The number of phenols is 3. The van der Waals surface area contributed by atoms with Crippen LogP contribution in [0.1, 0.15) is 143 Å². The fourth-order valence-electron chi connectivity index (χ4n) is 17.3. The van der Waals surface area contributed by atoms with Crippen molar-refractivity contribution in [1.29, 1.82) is 10.5 Å². The maximum absolute atomic E-state index is 13.8. The van der Waals surface area contributed by atoms with E-state index in [9.17, 15) is 45.0 Å². The van der Waals surface area contributed by atoms with Crippen molar-refractivity contribution in [1.82, 2.24) is 29.4 Å². The second-order valence-corrected chi connectivity index (χ2v) is 25.8. The van der Waals surface area contributed by atoms with Gasteiger partial charge in [0, 0.05) is 81.8 Å². The van der Waals surface area contributed by atoms with Crippen molar-refractivity contribution in [2.75, 3.05) is 47.4 Å². The number of hydrogen-bond acceptors (Lipinski definition) is 18. The molecule has 16 rings (SSSR count).